The van der Waals surface area contributed by atoms with Crippen LogP contribution in [-0.2, 0) is 21.2 Å². The summed E-state index contributed by atoms with van der Waals surface area (Å²) in [6.45, 7) is 4.40. The Hall–Kier alpha value is -2.26. The van der Waals surface area contributed by atoms with Crippen LogP contribution < -0.4 is 5.32 Å². The first-order valence-corrected chi connectivity index (χ1v) is 12.1. The number of carbonyl (C=O) groups is 1. The lowest BCUT2D eigenvalue weighted by molar-refractivity contribution is -0.115. The van der Waals surface area contributed by atoms with E-state index >= 15 is 0 Å². The van der Waals surface area contributed by atoms with E-state index in [1.807, 2.05) is 23.6 Å². The molecule has 0 radical (unpaired) electrons. The monoisotopic (exact) mass is 463 g/mol. The summed E-state index contributed by atoms with van der Waals surface area (Å²) in [5, 5.41) is 5.98. The first kappa shape index (κ1) is 22.4. The molecule has 158 valence electrons. The maximum absolute atomic E-state index is 12.5. The molecule has 1 heterocycles. The van der Waals surface area contributed by atoms with Gasteiger partial charge in [0.2, 0.25) is 15.9 Å². The maximum Gasteiger partial charge on any atom is 0.243 e. The average Bonchev–Trinajstić information content (AvgIpc) is 3.17. The van der Waals surface area contributed by atoms with E-state index in [-0.39, 0.29) is 17.2 Å². The van der Waals surface area contributed by atoms with Gasteiger partial charge in [0, 0.05) is 29.7 Å². The molecule has 1 N–H and O–H groups in total. The normalized spacial score (nSPS) is 11.6. The molecular weight excluding hydrogens is 442 g/mol. The number of aromatic nitrogens is 1. The fraction of sp³-hybridized carbons (Fsp3) is 0.238. The maximum atomic E-state index is 12.5. The number of nitrogens with one attached hydrogen (secondary N) is 1. The van der Waals surface area contributed by atoms with E-state index in [0.29, 0.717) is 29.5 Å². The summed E-state index contributed by atoms with van der Waals surface area (Å²) in [5.41, 5.74) is 2.01. The van der Waals surface area contributed by atoms with E-state index in [0.717, 1.165) is 10.6 Å². The van der Waals surface area contributed by atoms with Crippen molar-refractivity contribution in [2.24, 2.45) is 0 Å². The van der Waals surface area contributed by atoms with Gasteiger partial charge in [0.1, 0.15) is 5.01 Å². The highest BCUT2D eigenvalue weighted by Crippen LogP contribution is 2.30. The van der Waals surface area contributed by atoms with Gasteiger partial charge in [0.05, 0.1) is 22.0 Å². The van der Waals surface area contributed by atoms with Crippen molar-refractivity contribution in [2.45, 2.75) is 25.2 Å². The van der Waals surface area contributed by atoms with Gasteiger partial charge in [0.15, 0.2) is 0 Å². The van der Waals surface area contributed by atoms with Gasteiger partial charge in [-0.15, -0.1) is 11.3 Å². The van der Waals surface area contributed by atoms with Crippen LogP contribution in [0.25, 0.3) is 10.6 Å². The lowest BCUT2D eigenvalue weighted by Gasteiger charge is -2.18. The molecule has 0 spiro atoms. The molecule has 0 saturated heterocycles. The summed E-state index contributed by atoms with van der Waals surface area (Å²) in [6.07, 6.45) is 0.112. The fourth-order valence-electron chi connectivity index (χ4n) is 2.94. The minimum absolute atomic E-state index is 0.112. The van der Waals surface area contributed by atoms with Crippen LogP contribution in [0.5, 0.6) is 0 Å². The third kappa shape index (κ3) is 5.07. The molecule has 0 bridgehead atoms. The number of hydrogen-bond acceptors (Lipinski definition) is 5. The molecule has 30 heavy (non-hydrogen) atoms. The Bertz CT molecular complexity index is 1120. The molecule has 3 aromatic rings. The van der Waals surface area contributed by atoms with Gasteiger partial charge in [-0.25, -0.2) is 13.4 Å². The van der Waals surface area contributed by atoms with Crippen molar-refractivity contribution < 1.29 is 13.2 Å². The Labute approximate surface area is 185 Å². The van der Waals surface area contributed by atoms with Crippen LogP contribution in [0, 0.1) is 0 Å². The Kier molecular flexibility index (Phi) is 7.25. The number of amides is 1. The van der Waals surface area contributed by atoms with Crippen LogP contribution in [0.4, 0.5) is 5.69 Å². The summed E-state index contributed by atoms with van der Waals surface area (Å²) in [7, 11) is -3.52. The SMILES string of the molecule is CCN(CC)S(=O)(=O)c1ccc(NC(=O)Cc2csc(-c3ccccc3Cl)n2)cc1. The molecule has 0 unspecified atom stereocenters. The summed E-state index contributed by atoms with van der Waals surface area (Å²) in [4.78, 5) is 17.1. The molecule has 6 nitrogen and oxygen atoms in total. The van der Waals surface area contributed by atoms with Crippen molar-refractivity contribution in [3.8, 4) is 10.6 Å². The van der Waals surface area contributed by atoms with Crippen molar-refractivity contribution in [2.75, 3.05) is 18.4 Å². The van der Waals surface area contributed by atoms with Crippen molar-refractivity contribution in [3.05, 3.63) is 64.6 Å². The van der Waals surface area contributed by atoms with E-state index in [1.54, 1.807) is 32.0 Å². The molecule has 0 fully saturated rings. The number of hydrogen-bond donors (Lipinski definition) is 1. The van der Waals surface area contributed by atoms with Gasteiger partial charge in [-0.1, -0.05) is 43.6 Å². The number of benzene rings is 2. The minimum atomic E-state index is -3.52. The standard InChI is InChI=1S/C21H22ClN3O3S2/c1-3-25(4-2)30(27,28)17-11-9-15(10-12-17)23-20(26)13-16-14-29-21(24-16)18-7-5-6-8-19(18)22/h5-12,14H,3-4,13H2,1-2H3,(H,23,26). The second-order valence-electron chi connectivity index (χ2n) is 6.46. The number of carbonyl (C=O) groups excluding carboxylic acids is 1. The smallest absolute Gasteiger partial charge is 0.243 e. The van der Waals surface area contributed by atoms with E-state index in [4.69, 9.17) is 11.6 Å². The second-order valence-corrected chi connectivity index (χ2v) is 9.67. The Balaban J connectivity index is 1.65. The lowest BCUT2D eigenvalue weighted by atomic mass is 10.2. The number of rotatable bonds is 8. The Morgan fingerprint density at radius 3 is 2.40 bits per heavy atom. The van der Waals surface area contributed by atoms with Gasteiger partial charge >= 0.3 is 0 Å². The van der Waals surface area contributed by atoms with Gasteiger partial charge < -0.3 is 5.32 Å². The summed E-state index contributed by atoms with van der Waals surface area (Å²) in [6, 6.07) is 13.6. The zero-order valence-corrected chi connectivity index (χ0v) is 19.0. The van der Waals surface area contributed by atoms with Crippen LogP contribution in [-0.4, -0.2) is 36.7 Å². The highest BCUT2D eigenvalue weighted by molar-refractivity contribution is 7.89. The zero-order valence-electron chi connectivity index (χ0n) is 16.6. The first-order chi connectivity index (χ1) is 14.3. The molecule has 0 aliphatic heterocycles. The molecule has 0 aliphatic rings. The second kappa shape index (κ2) is 9.70. The van der Waals surface area contributed by atoms with Gasteiger partial charge in [0.25, 0.3) is 0 Å². The van der Waals surface area contributed by atoms with E-state index < -0.39 is 10.0 Å². The molecule has 9 heteroatoms. The average molecular weight is 464 g/mol. The fourth-order valence-corrected chi connectivity index (χ4v) is 5.54. The molecule has 0 aliphatic carbocycles. The lowest BCUT2D eigenvalue weighted by Crippen LogP contribution is -2.30. The molecule has 1 aromatic heterocycles. The van der Waals surface area contributed by atoms with Gasteiger partial charge in [-0.3, -0.25) is 4.79 Å². The molecule has 2 aromatic carbocycles. The number of anilines is 1. The number of sulfonamides is 1. The van der Waals surface area contributed by atoms with Crippen LogP contribution in [0.15, 0.2) is 58.8 Å². The predicted octanol–water partition coefficient (Wildman–Crippen LogP) is 4.68. The topological polar surface area (TPSA) is 79.4 Å². The van der Waals surface area contributed by atoms with Crippen molar-refractivity contribution in [1.82, 2.24) is 9.29 Å². The predicted molar refractivity (Wildman–Crippen MR) is 121 cm³/mol. The van der Waals surface area contributed by atoms with E-state index in [9.17, 15) is 13.2 Å². The summed E-state index contributed by atoms with van der Waals surface area (Å²) in [5.74, 6) is -0.231. The number of halogens is 1. The summed E-state index contributed by atoms with van der Waals surface area (Å²) < 4.78 is 26.5. The highest BCUT2D eigenvalue weighted by Gasteiger charge is 2.21. The third-order valence-corrected chi connectivity index (χ3v) is 7.80. The number of nitrogens with zero attached hydrogens (tertiary/aromatic N) is 2. The Morgan fingerprint density at radius 1 is 1.10 bits per heavy atom. The number of thiazole rings is 1. The minimum Gasteiger partial charge on any atom is -0.326 e. The van der Waals surface area contributed by atoms with E-state index in [1.165, 1.54) is 27.8 Å². The summed E-state index contributed by atoms with van der Waals surface area (Å²) >= 11 is 7.64. The van der Waals surface area contributed by atoms with Crippen molar-refractivity contribution in [3.63, 3.8) is 0 Å². The quantitative estimate of drug-likeness (QED) is 0.526. The third-order valence-electron chi connectivity index (χ3n) is 4.48. The van der Waals surface area contributed by atoms with E-state index in [2.05, 4.69) is 10.3 Å². The van der Waals surface area contributed by atoms with Crippen LogP contribution in [0.1, 0.15) is 19.5 Å². The van der Waals surface area contributed by atoms with Crippen LogP contribution >= 0.6 is 22.9 Å². The molecule has 0 atom stereocenters. The first-order valence-electron chi connectivity index (χ1n) is 9.44. The van der Waals surface area contributed by atoms with Gasteiger partial charge in [-0.05, 0) is 30.3 Å². The van der Waals surface area contributed by atoms with Crippen LogP contribution in [0.3, 0.4) is 0 Å². The highest BCUT2D eigenvalue weighted by atomic mass is 35.5. The molecule has 0 saturated carbocycles. The van der Waals surface area contributed by atoms with Crippen LogP contribution in [0.2, 0.25) is 5.02 Å². The molecule has 3 rings (SSSR count). The largest absolute Gasteiger partial charge is 0.326 e. The molecular formula is C21H22ClN3O3S2. The van der Waals surface area contributed by atoms with Crippen molar-refractivity contribution in [1.29, 1.82) is 0 Å². The van der Waals surface area contributed by atoms with Crippen molar-refractivity contribution >= 4 is 44.6 Å². The molecule has 1 amide bonds. The zero-order chi connectivity index (χ0) is 21.7. The Morgan fingerprint density at radius 2 is 1.77 bits per heavy atom. The van der Waals surface area contributed by atoms with Gasteiger partial charge in [-0.2, -0.15) is 4.31 Å².